The van der Waals surface area contributed by atoms with E-state index >= 15 is 0 Å². The van der Waals surface area contributed by atoms with E-state index in [-0.39, 0.29) is 22.8 Å². The summed E-state index contributed by atoms with van der Waals surface area (Å²) in [6.07, 6.45) is 1.34. The van der Waals surface area contributed by atoms with Crippen LogP contribution in [0.2, 0.25) is 31.4 Å². The van der Waals surface area contributed by atoms with Crippen molar-refractivity contribution in [3.63, 3.8) is 0 Å². The molecule has 1 aliphatic rings. The van der Waals surface area contributed by atoms with Gasteiger partial charge in [0.25, 0.3) is 0 Å². The van der Waals surface area contributed by atoms with E-state index in [9.17, 15) is 4.79 Å². The number of rotatable bonds is 10. The highest BCUT2D eigenvalue weighted by Gasteiger charge is 2.55. The van der Waals surface area contributed by atoms with Gasteiger partial charge in [0.15, 0.2) is 0 Å². The molecule has 0 aromatic heterocycles. The molecule has 0 bridgehead atoms. The number of allylic oxidation sites excluding steroid dienone is 1. The van der Waals surface area contributed by atoms with E-state index in [1.807, 2.05) is 30.3 Å². The number of carbonyl (C=O) groups is 1. The van der Waals surface area contributed by atoms with Gasteiger partial charge in [-0.2, -0.15) is 0 Å². The lowest BCUT2D eigenvalue weighted by Crippen LogP contribution is -2.64. The molecular formula is C37H42O4Si2. The van der Waals surface area contributed by atoms with Gasteiger partial charge in [-0.05, 0) is 22.4 Å². The van der Waals surface area contributed by atoms with E-state index < -0.39 is 28.4 Å². The van der Waals surface area contributed by atoms with Crippen molar-refractivity contribution in [2.24, 2.45) is 5.92 Å². The highest BCUT2D eigenvalue weighted by Crippen LogP contribution is 2.50. The smallest absolute Gasteiger partial charge is 0.373 e. The molecule has 0 N–H and O–H groups in total. The van der Waals surface area contributed by atoms with Gasteiger partial charge in [0, 0.05) is 11.8 Å². The Morgan fingerprint density at radius 1 is 0.721 bits per heavy atom. The Bertz CT molecular complexity index is 1450. The molecule has 0 amide bonds. The number of hydrogen-bond donors (Lipinski definition) is 0. The zero-order valence-corrected chi connectivity index (χ0v) is 27.8. The highest BCUT2D eigenvalue weighted by atomic mass is 28.4. The molecule has 0 fully saturated rings. The van der Waals surface area contributed by atoms with Crippen molar-refractivity contribution < 1.29 is 19.0 Å². The maximum Gasteiger partial charge on any atom is 0.373 e. The number of benzene rings is 4. The van der Waals surface area contributed by atoms with Gasteiger partial charge >= 0.3 is 5.97 Å². The molecule has 0 aliphatic carbocycles. The average Bonchev–Trinajstić information content (AvgIpc) is 3.05. The Kier molecular flexibility index (Phi) is 9.50. The third kappa shape index (κ3) is 6.62. The molecule has 0 saturated heterocycles. The standard InChI is InChI=1S/C37H42O4Si2/c1-39-35(38)33-26-32(29-20-12-7-13-21-29)34(36(41-33)40-27-28-18-10-6-11-19-28)37(42(2,3)30-22-14-8-15-23-30)43(4,5)31-24-16-9-17-25-31/h6-26,32,34,36-37H,27H2,1-5H3/t32-,34-,36+/m1/s1. The fraction of sp³-hybridized carbons (Fsp3) is 0.270. The van der Waals surface area contributed by atoms with Crippen LogP contribution in [0, 0.1) is 5.92 Å². The summed E-state index contributed by atoms with van der Waals surface area (Å²) in [5, 5.41) is 3.09. The zero-order chi connectivity index (χ0) is 30.5. The van der Waals surface area contributed by atoms with Crippen LogP contribution in [-0.4, -0.2) is 35.5 Å². The van der Waals surface area contributed by atoms with Crippen LogP contribution in [0.1, 0.15) is 17.0 Å². The van der Waals surface area contributed by atoms with Crippen LogP contribution in [0.15, 0.2) is 133 Å². The summed E-state index contributed by atoms with van der Waals surface area (Å²) >= 11 is 0. The van der Waals surface area contributed by atoms with E-state index in [0.29, 0.717) is 6.61 Å². The molecule has 4 aromatic carbocycles. The van der Waals surface area contributed by atoms with Crippen LogP contribution in [0.25, 0.3) is 0 Å². The minimum absolute atomic E-state index is 0.0525. The first-order valence-electron chi connectivity index (χ1n) is 15.0. The summed E-state index contributed by atoms with van der Waals surface area (Å²) in [5.74, 6) is -0.435. The van der Waals surface area contributed by atoms with E-state index in [4.69, 9.17) is 14.2 Å². The third-order valence-electron chi connectivity index (χ3n) is 9.11. The quantitative estimate of drug-likeness (QED) is 0.142. The van der Waals surface area contributed by atoms with Gasteiger partial charge < -0.3 is 14.2 Å². The molecule has 3 atom stereocenters. The van der Waals surface area contributed by atoms with Crippen molar-refractivity contribution in [3.8, 4) is 0 Å². The van der Waals surface area contributed by atoms with E-state index in [1.165, 1.54) is 17.5 Å². The summed E-state index contributed by atoms with van der Waals surface area (Å²) in [7, 11) is -3.08. The summed E-state index contributed by atoms with van der Waals surface area (Å²) in [6.45, 7) is 10.4. The molecule has 222 valence electrons. The average molecular weight is 607 g/mol. The number of carbonyl (C=O) groups excluding carboxylic acids is 1. The van der Waals surface area contributed by atoms with Crippen LogP contribution in [0.4, 0.5) is 0 Å². The minimum Gasteiger partial charge on any atom is -0.463 e. The van der Waals surface area contributed by atoms with Crippen molar-refractivity contribution >= 4 is 32.5 Å². The topological polar surface area (TPSA) is 44.8 Å². The third-order valence-corrected chi connectivity index (χ3v) is 21.0. The van der Waals surface area contributed by atoms with Crippen molar-refractivity contribution in [1.29, 1.82) is 0 Å². The second kappa shape index (κ2) is 13.3. The van der Waals surface area contributed by atoms with Crippen LogP contribution < -0.4 is 10.4 Å². The highest BCUT2D eigenvalue weighted by molar-refractivity contribution is 7.08. The predicted octanol–water partition coefficient (Wildman–Crippen LogP) is 7.16. The van der Waals surface area contributed by atoms with Gasteiger partial charge in [-0.3, -0.25) is 0 Å². The summed E-state index contributed by atoms with van der Waals surface area (Å²) < 4.78 is 18.5. The first kappa shape index (κ1) is 30.7. The normalized spacial score (nSPS) is 18.9. The first-order chi connectivity index (χ1) is 20.7. The lowest BCUT2D eigenvalue weighted by Gasteiger charge is -2.52. The van der Waals surface area contributed by atoms with Crippen LogP contribution in [0.3, 0.4) is 0 Å². The van der Waals surface area contributed by atoms with Crippen molar-refractivity contribution in [2.45, 2.75) is 50.2 Å². The number of methoxy groups -OCH3 is 1. The minimum atomic E-state index is -2.24. The summed E-state index contributed by atoms with van der Waals surface area (Å²) in [4.78, 5) is 13.0. The van der Waals surface area contributed by atoms with Gasteiger partial charge in [0.05, 0.1) is 29.9 Å². The van der Waals surface area contributed by atoms with Gasteiger partial charge in [-0.15, -0.1) is 0 Å². The molecule has 0 unspecified atom stereocenters. The molecule has 4 nitrogen and oxygen atoms in total. The summed E-state index contributed by atoms with van der Waals surface area (Å²) in [5.41, 5.74) is 2.21. The monoisotopic (exact) mass is 606 g/mol. The maximum atomic E-state index is 13.0. The van der Waals surface area contributed by atoms with Crippen molar-refractivity contribution in [1.82, 2.24) is 0 Å². The van der Waals surface area contributed by atoms with Gasteiger partial charge in [-0.1, -0.05) is 158 Å². The molecule has 43 heavy (non-hydrogen) atoms. The maximum absolute atomic E-state index is 13.0. The second-order valence-electron chi connectivity index (χ2n) is 12.5. The Hall–Kier alpha value is -3.72. The molecule has 4 aromatic rings. The van der Waals surface area contributed by atoms with Crippen molar-refractivity contribution in [2.75, 3.05) is 7.11 Å². The van der Waals surface area contributed by atoms with Crippen LogP contribution in [0.5, 0.6) is 0 Å². The van der Waals surface area contributed by atoms with Gasteiger partial charge in [0.1, 0.15) is 0 Å². The zero-order valence-electron chi connectivity index (χ0n) is 25.8. The van der Waals surface area contributed by atoms with Gasteiger partial charge in [0.2, 0.25) is 12.0 Å². The Morgan fingerprint density at radius 3 is 1.67 bits per heavy atom. The number of esters is 1. The van der Waals surface area contributed by atoms with E-state index in [1.54, 1.807) is 0 Å². The molecule has 1 heterocycles. The molecule has 6 heteroatoms. The predicted molar refractivity (Wildman–Crippen MR) is 180 cm³/mol. The van der Waals surface area contributed by atoms with E-state index in [0.717, 1.165) is 11.1 Å². The molecular weight excluding hydrogens is 565 g/mol. The Balaban J connectivity index is 1.73. The Labute approximate surface area is 258 Å². The number of ether oxygens (including phenoxy) is 3. The fourth-order valence-electron chi connectivity index (χ4n) is 7.12. The Morgan fingerprint density at radius 2 is 1.19 bits per heavy atom. The SMILES string of the molecule is COC(=O)C1=C[C@H](c2ccccc2)[C@@H](C([Si](C)(C)c2ccccc2)[Si](C)(C)c2ccccc2)[C@@H](OCc2ccccc2)O1. The lowest BCUT2D eigenvalue weighted by molar-refractivity contribution is -0.178. The first-order valence-corrected chi connectivity index (χ1v) is 21.2. The molecule has 5 rings (SSSR count). The second-order valence-corrected chi connectivity index (χ2v) is 22.3. The lowest BCUT2D eigenvalue weighted by atomic mass is 9.84. The number of hydrogen-bond acceptors (Lipinski definition) is 4. The fourth-order valence-corrected chi connectivity index (χ4v) is 20.8. The van der Waals surface area contributed by atoms with Crippen molar-refractivity contribution in [3.05, 3.63) is 144 Å². The van der Waals surface area contributed by atoms with Crippen LogP contribution >= 0.6 is 0 Å². The molecule has 0 saturated carbocycles. The van der Waals surface area contributed by atoms with E-state index in [2.05, 4.69) is 123 Å². The largest absolute Gasteiger partial charge is 0.463 e. The van der Waals surface area contributed by atoms with Crippen LogP contribution in [-0.2, 0) is 25.6 Å². The molecule has 0 radical (unpaired) electrons. The molecule has 0 spiro atoms. The van der Waals surface area contributed by atoms with Gasteiger partial charge in [-0.25, -0.2) is 4.79 Å². The molecule has 1 aliphatic heterocycles. The summed E-state index contributed by atoms with van der Waals surface area (Å²) in [6, 6.07) is 42.7.